The first-order valence-corrected chi connectivity index (χ1v) is 5.66. The molecule has 1 aromatic rings. The third kappa shape index (κ3) is 3.77. The predicted molar refractivity (Wildman–Crippen MR) is 59.9 cm³/mol. The Hall–Kier alpha value is -1.05. The molecule has 0 radical (unpaired) electrons. The number of rotatable bonds is 5. The second-order valence-electron chi connectivity index (χ2n) is 2.90. The third-order valence-electron chi connectivity index (χ3n) is 1.78. The molecule has 0 atom stereocenters. The second-order valence-corrected chi connectivity index (χ2v) is 4.07. The molecule has 74 valence electrons. The number of hydrogen-bond donors (Lipinski definition) is 0. The van der Waals surface area contributed by atoms with Gasteiger partial charge in [-0.25, -0.2) is 4.79 Å². The number of unbranched alkanes of at least 4 members (excludes halogenated alkanes) is 1. The molecule has 0 saturated carbocycles. The van der Waals surface area contributed by atoms with Gasteiger partial charge in [0.15, 0.2) is 0 Å². The highest BCUT2D eigenvalue weighted by Gasteiger charge is 1.93. The van der Waals surface area contributed by atoms with Crippen molar-refractivity contribution < 1.29 is 4.79 Å². The molecule has 0 aliphatic heterocycles. The van der Waals surface area contributed by atoms with Gasteiger partial charge in [0.05, 0.1) is 5.69 Å². The van der Waals surface area contributed by atoms with E-state index < -0.39 is 0 Å². The second kappa shape index (κ2) is 6.41. The van der Waals surface area contributed by atoms with Crippen LogP contribution >= 0.6 is 11.8 Å². The van der Waals surface area contributed by atoms with E-state index in [0.29, 0.717) is 5.69 Å². The molecule has 14 heavy (non-hydrogen) atoms. The standard InChI is InChI=1S/C11H13NOS/c1-2-3-8-14-11-6-4-10(5-7-11)12-9-13/h4-7H,2-3,8H2,1H3. The summed E-state index contributed by atoms with van der Waals surface area (Å²) >= 11 is 1.83. The molecule has 0 bridgehead atoms. The van der Waals surface area contributed by atoms with Crippen LogP contribution in [0.2, 0.25) is 0 Å². The van der Waals surface area contributed by atoms with Gasteiger partial charge in [-0.2, -0.15) is 4.99 Å². The van der Waals surface area contributed by atoms with Crippen molar-refractivity contribution in [2.45, 2.75) is 24.7 Å². The Bertz CT molecular complexity index is 315. The van der Waals surface area contributed by atoms with E-state index in [1.807, 2.05) is 36.0 Å². The van der Waals surface area contributed by atoms with Crippen LogP contribution in [-0.2, 0) is 4.79 Å². The van der Waals surface area contributed by atoms with Crippen LogP contribution < -0.4 is 0 Å². The van der Waals surface area contributed by atoms with Crippen molar-refractivity contribution in [3.63, 3.8) is 0 Å². The minimum atomic E-state index is 0.667. The van der Waals surface area contributed by atoms with Crippen LogP contribution in [-0.4, -0.2) is 11.8 Å². The van der Waals surface area contributed by atoms with Gasteiger partial charge in [-0.05, 0) is 36.4 Å². The Morgan fingerprint density at radius 1 is 1.36 bits per heavy atom. The lowest BCUT2D eigenvalue weighted by molar-refractivity contribution is 0.565. The first-order valence-electron chi connectivity index (χ1n) is 4.67. The minimum absolute atomic E-state index is 0.667. The highest BCUT2D eigenvalue weighted by Crippen LogP contribution is 2.22. The lowest BCUT2D eigenvalue weighted by atomic mass is 10.3. The average Bonchev–Trinajstić information content (AvgIpc) is 2.21. The molecule has 1 aromatic carbocycles. The average molecular weight is 207 g/mol. The van der Waals surface area contributed by atoms with Gasteiger partial charge in [0, 0.05) is 4.90 Å². The molecule has 0 unspecified atom stereocenters. The number of nitrogens with zero attached hydrogens (tertiary/aromatic N) is 1. The van der Waals surface area contributed by atoms with Gasteiger partial charge < -0.3 is 0 Å². The van der Waals surface area contributed by atoms with Crippen molar-refractivity contribution in [1.82, 2.24) is 0 Å². The Morgan fingerprint density at radius 3 is 2.64 bits per heavy atom. The van der Waals surface area contributed by atoms with E-state index in [4.69, 9.17) is 0 Å². The molecule has 2 nitrogen and oxygen atoms in total. The molecule has 0 N–H and O–H groups in total. The van der Waals surface area contributed by atoms with E-state index >= 15 is 0 Å². The largest absolute Gasteiger partial charge is 0.240 e. The summed E-state index contributed by atoms with van der Waals surface area (Å²) in [6, 6.07) is 7.63. The van der Waals surface area contributed by atoms with E-state index in [1.165, 1.54) is 23.8 Å². The normalized spacial score (nSPS) is 9.50. The highest BCUT2D eigenvalue weighted by atomic mass is 32.2. The summed E-state index contributed by atoms with van der Waals surface area (Å²) in [5.41, 5.74) is 0.667. The smallest absolute Gasteiger partial charge is 0.211 e. The van der Waals surface area contributed by atoms with E-state index in [2.05, 4.69) is 11.9 Å². The summed E-state index contributed by atoms with van der Waals surface area (Å²) in [7, 11) is 0. The molecular formula is C11H13NOS. The molecule has 0 heterocycles. The number of isocyanates is 1. The van der Waals surface area contributed by atoms with E-state index in [-0.39, 0.29) is 0 Å². The van der Waals surface area contributed by atoms with E-state index in [0.717, 1.165) is 5.75 Å². The van der Waals surface area contributed by atoms with E-state index in [1.54, 1.807) is 0 Å². The number of thioether (sulfide) groups is 1. The Labute approximate surface area is 88.4 Å². The Balaban J connectivity index is 2.50. The van der Waals surface area contributed by atoms with Crippen LogP contribution in [0.1, 0.15) is 19.8 Å². The van der Waals surface area contributed by atoms with Gasteiger partial charge in [0.1, 0.15) is 0 Å². The summed E-state index contributed by atoms with van der Waals surface area (Å²) in [4.78, 5) is 14.7. The van der Waals surface area contributed by atoms with Crippen molar-refractivity contribution in [3.8, 4) is 0 Å². The van der Waals surface area contributed by atoms with Crippen LogP contribution in [0.25, 0.3) is 0 Å². The third-order valence-corrected chi connectivity index (χ3v) is 2.88. The number of benzene rings is 1. The van der Waals surface area contributed by atoms with Gasteiger partial charge in [-0.15, -0.1) is 11.8 Å². The fraction of sp³-hybridized carbons (Fsp3) is 0.364. The zero-order valence-electron chi connectivity index (χ0n) is 8.19. The van der Waals surface area contributed by atoms with Crippen LogP contribution in [0.4, 0.5) is 5.69 Å². The lowest BCUT2D eigenvalue weighted by Crippen LogP contribution is -1.77. The van der Waals surface area contributed by atoms with Crippen molar-refractivity contribution >= 4 is 23.5 Å². The first-order chi connectivity index (χ1) is 6.86. The molecule has 0 saturated heterocycles. The maximum atomic E-state index is 9.97. The molecule has 0 aliphatic carbocycles. The molecule has 1 rings (SSSR count). The van der Waals surface area contributed by atoms with Crippen molar-refractivity contribution in [2.75, 3.05) is 5.75 Å². The SMILES string of the molecule is CCCCSc1ccc(N=C=O)cc1. The van der Waals surface area contributed by atoms with Gasteiger partial charge in [-0.1, -0.05) is 13.3 Å². The van der Waals surface area contributed by atoms with Gasteiger partial charge >= 0.3 is 0 Å². The van der Waals surface area contributed by atoms with Crippen molar-refractivity contribution in [2.24, 2.45) is 4.99 Å². The molecule has 0 fully saturated rings. The predicted octanol–water partition coefficient (Wildman–Crippen LogP) is 3.55. The Kier molecular flexibility index (Phi) is 5.05. The van der Waals surface area contributed by atoms with Crippen molar-refractivity contribution in [1.29, 1.82) is 0 Å². The molecule has 0 spiro atoms. The zero-order valence-corrected chi connectivity index (χ0v) is 9.01. The topological polar surface area (TPSA) is 29.4 Å². The lowest BCUT2D eigenvalue weighted by Gasteiger charge is -1.99. The van der Waals surface area contributed by atoms with Gasteiger partial charge in [0.25, 0.3) is 0 Å². The number of carbonyl (C=O) groups excluding carboxylic acids is 1. The van der Waals surface area contributed by atoms with E-state index in [9.17, 15) is 4.79 Å². The maximum Gasteiger partial charge on any atom is 0.240 e. The van der Waals surface area contributed by atoms with Crippen molar-refractivity contribution in [3.05, 3.63) is 24.3 Å². The quantitative estimate of drug-likeness (QED) is 0.320. The van der Waals surface area contributed by atoms with Crippen LogP contribution in [0.15, 0.2) is 34.2 Å². The molecular weight excluding hydrogens is 194 g/mol. The molecule has 0 amide bonds. The maximum absolute atomic E-state index is 9.97. The zero-order chi connectivity index (χ0) is 10.2. The summed E-state index contributed by atoms with van der Waals surface area (Å²) in [5.74, 6) is 1.15. The number of aliphatic imine (C=N–C) groups is 1. The van der Waals surface area contributed by atoms with Crippen LogP contribution in [0, 0.1) is 0 Å². The van der Waals surface area contributed by atoms with Gasteiger partial charge in [-0.3, -0.25) is 0 Å². The minimum Gasteiger partial charge on any atom is -0.211 e. The monoisotopic (exact) mass is 207 g/mol. The fourth-order valence-corrected chi connectivity index (χ4v) is 2.00. The first kappa shape index (κ1) is 11.0. The fourth-order valence-electron chi connectivity index (χ4n) is 1.00. The summed E-state index contributed by atoms with van der Waals surface area (Å²) in [6.07, 6.45) is 3.98. The Morgan fingerprint density at radius 2 is 2.07 bits per heavy atom. The summed E-state index contributed by atoms with van der Waals surface area (Å²) in [6.45, 7) is 2.18. The molecule has 3 heteroatoms. The van der Waals surface area contributed by atoms with Crippen LogP contribution in [0.5, 0.6) is 0 Å². The summed E-state index contributed by atoms with van der Waals surface area (Å²) in [5, 5.41) is 0. The molecule has 0 aromatic heterocycles. The highest BCUT2D eigenvalue weighted by molar-refractivity contribution is 7.99. The molecule has 0 aliphatic rings. The summed E-state index contributed by atoms with van der Waals surface area (Å²) < 4.78 is 0. The van der Waals surface area contributed by atoms with Gasteiger partial charge in [0.2, 0.25) is 6.08 Å². The number of hydrogen-bond acceptors (Lipinski definition) is 3. The van der Waals surface area contributed by atoms with Crippen LogP contribution in [0.3, 0.4) is 0 Å².